The van der Waals surface area contributed by atoms with Gasteiger partial charge in [0.25, 0.3) is 11.8 Å². The highest BCUT2D eigenvalue weighted by Crippen LogP contribution is 2.30. The molecule has 2 aromatic carbocycles. The van der Waals surface area contributed by atoms with E-state index in [1.165, 1.54) is 0 Å². The standard InChI is InChI=1S/C26H21BrN4O3/c1-15-23-20(30-31-25(32)21-14-9-16-5-2-3-6-19(16)29-21)7-4-8-22(23)34-24(15)26(33)28-18-12-10-17(27)11-13-18/h2-3,5-6,9-14H,4,7-8H2,1H3,(H,28,33)(H,31,32)/b30-20+. The molecule has 0 atom stereocenters. The van der Waals surface area contributed by atoms with E-state index in [1.54, 1.807) is 6.07 Å². The minimum absolute atomic E-state index is 0.255. The zero-order valence-corrected chi connectivity index (χ0v) is 20.0. The number of carbonyl (C=O) groups excluding carboxylic acids is 2. The third-order valence-corrected chi connectivity index (χ3v) is 6.29. The molecule has 1 aliphatic carbocycles. The van der Waals surface area contributed by atoms with Crippen molar-refractivity contribution < 1.29 is 14.0 Å². The first-order valence-electron chi connectivity index (χ1n) is 10.9. The fraction of sp³-hybridized carbons (Fsp3) is 0.154. The summed E-state index contributed by atoms with van der Waals surface area (Å²) in [6, 6.07) is 18.5. The highest BCUT2D eigenvalue weighted by atomic mass is 79.9. The zero-order chi connectivity index (χ0) is 23.7. The Bertz CT molecular complexity index is 1440. The van der Waals surface area contributed by atoms with Gasteiger partial charge in [0, 0.05) is 33.1 Å². The summed E-state index contributed by atoms with van der Waals surface area (Å²) < 4.78 is 6.87. The molecule has 0 bridgehead atoms. The van der Waals surface area contributed by atoms with Crippen LogP contribution in [0.2, 0.25) is 0 Å². The molecule has 2 N–H and O–H groups in total. The number of nitrogens with zero attached hydrogens (tertiary/aromatic N) is 2. The summed E-state index contributed by atoms with van der Waals surface area (Å²) >= 11 is 3.39. The van der Waals surface area contributed by atoms with Gasteiger partial charge in [-0.1, -0.05) is 40.2 Å². The summed E-state index contributed by atoms with van der Waals surface area (Å²) in [7, 11) is 0. The van der Waals surface area contributed by atoms with Crippen molar-refractivity contribution in [3.63, 3.8) is 0 Å². The normalized spacial score (nSPS) is 14.1. The molecule has 34 heavy (non-hydrogen) atoms. The molecule has 0 saturated heterocycles. The first kappa shape index (κ1) is 22.0. The predicted octanol–water partition coefficient (Wildman–Crippen LogP) is 5.62. The Morgan fingerprint density at radius 3 is 2.62 bits per heavy atom. The molecule has 0 aliphatic heterocycles. The van der Waals surface area contributed by atoms with E-state index in [9.17, 15) is 9.59 Å². The van der Waals surface area contributed by atoms with Crippen LogP contribution in [0.25, 0.3) is 10.9 Å². The lowest BCUT2D eigenvalue weighted by Crippen LogP contribution is -2.23. The number of rotatable bonds is 4. The molecule has 4 aromatic rings. The molecule has 2 amide bonds. The lowest BCUT2D eigenvalue weighted by molar-refractivity contribution is 0.0949. The molecule has 8 heteroatoms. The number of amides is 2. The topological polar surface area (TPSA) is 96.6 Å². The van der Waals surface area contributed by atoms with Crippen LogP contribution in [0.3, 0.4) is 0 Å². The van der Waals surface area contributed by atoms with Crippen molar-refractivity contribution in [1.82, 2.24) is 10.4 Å². The van der Waals surface area contributed by atoms with Crippen molar-refractivity contribution in [2.75, 3.05) is 5.32 Å². The summed E-state index contributed by atoms with van der Waals surface area (Å²) in [5.41, 5.74) is 6.53. The van der Waals surface area contributed by atoms with Crippen LogP contribution in [-0.4, -0.2) is 22.5 Å². The van der Waals surface area contributed by atoms with Crippen molar-refractivity contribution in [2.24, 2.45) is 5.10 Å². The number of hydrogen-bond acceptors (Lipinski definition) is 5. The van der Waals surface area contributed by atoms with Crippen LogP contribution >= 0.6 is 15.9 Å². The van der Waals surface area contributed by atoms with Gasteiger partial charge in [0.15, 0.2) is 5.76 Å². The minimum atomic E-state index is -0.389. The van der Waals surface area contributed by atoms with E-state index in [2.05, 4.69) is 36.8 Å². The van der Waals surface area contributed by atoms with Crippen LogP contribution in [0, 0.1) is 6.92 Å². The second kappa shape index (κ2) is 9.23. The second-order valence-electron chi connectivity index (χ2n) is 8.06. The summed E-state index contributed by atoms with van der Waals surface area (Å²) in [6.07, 6.45) is 2.20. The van der Waals surface area contributed by atoms with Gasteiger partial charge < -0.3 is 9.73 Å². The largest absolute Gasteiger partial charge is 0.455 e. The van der Waals surface area contributed by atoms with Crippen molar-refractivity contribution in [1.29, 1.82) is 0 Å². The number of furan rings is 1. The highest BCUT2D eigenvalue weighted by Gasteiger charge is 2.28. The number of aromatic nitrogens is 1. The van der Waals surface area contributed by atoms with Crippen LogP contribution in [0.15, 0.2) is 74.7 Å². The van der Waals surface area contributed by atoms with Crippen molar-refractivity contribution in [3.8, 4) is 0 Å². The van der Waals surface area contributed by atoms with Crippen molar-refractivity contribution >= 4 is 50.0 Å². The molecule has 2 heterocycles. The third-order valence-electron chi connectivity index (χ3n) is 5.76. The minimum Gasteiger partial charge on any atom is -0.455 e. The number of anilines is 1. The van der Waals surface area contributed by atoms with Gasteiger partial charge in [-0.05, 0) is 56.2 Å². The Kier molecular flexibility index (Phi) is 5.98. The molecule has 5 rings (SSSR count). The number of halogens is 1. The van der Waals surface area contributed by atoms with Gasteiger partial charge in [-0.3, -0.25) is 9.59 Å². The maximum Gasteiger partial charge on any atom is 0.291 e. The Morgan fingerprint density at radius 1 is 1.00 bits per heavy atom. The number of para-hydroxylation sites is 1. The molecular weight excluding hydrogens is 496 g/mol. The van der Waals surface area contributed by atoms with Crippen molar-refractivity contribution in [2.45, 2.75) is 26.2 Å². The van der Waals surface area contributed by atoms with E-state index in [-0.39, 0.29) is 23.3 Å². The fourth-order valence-corrected chi connectivity index (χ4v) is 4.35. The smallest absolute Gasteiger partial charge is 0.291 e. The van der Waals surface area contributed by atoms with Crippen LogP contribution in [0.4, 0.5) is 5.69 Å². The SMILES string of the molecule is Cc1c(C(=O)Nc2ccc(Br)cc2)oc2c1/C(=N/NC(=O)c1ccc3ccccc3n1)CCC2. The van der Waals surface area contributed by atoms with Gasteiger partial charge in [0.05, 0.1) is 11.2 Å². The van der Waals surface area contributed by atoms with E-state index in [1.807, 2.05) is 61.5 Å². The summed E-state index contributed by atoms with van der Waals surface area (Å²) in [6.45, 7) is 1.84. The van der Waals surface area contributed by atoms with Gasteiger partial charge in [-0.25, -0.2) is 10.4 Å². The molecule has 170 valence electrons. The van der Waals surface area contributed by atoms with E-state index < -0.39 is 0 Å². The predicted molar refractivity (Wildman–Crippen MR) is 134 cm³/mol. The average Bonchev–Trinajstić information content (AvgIpc) is 3.20. The maximum absolute atomic E-state index is 12.9. The van der Waals surface area contributed by atoms with E-state index in [4.69, 9.17) is 4.42 Å². The van der Waals surface area contributed by atoms with Gasteiger partial charge in [-0.15, -0.1) is 0 Å². The molecule has 0 saturated carbocycles. The summed E-state index contributed by atoms with van der Waals surface area (Å²) in [5, 5.41) is 8.22. The van der Waals surface area contributed by atoms with Gasteiger partial charge in [0.2, 0.25) is 0 Å². The summed E-state index contributed by atoms with van der Waals surface area (Å²) in [5.74, 6) is 0.254. The number of pyridine rings is 1. The number of hydrogen-bond donors (Lipinski definition) is 2. The Balaban J connectivity index is 1.37. The number of fused-ring (bicyclic) bond motifs is 2. The molecule has 0 fully saturated rings. The first-order valence-corrected chi connectivity index (χ1v) is 11.7. The van der Waals surface area contributed by atoms with Crippen LogP contribution in [0.5, 0.6) is 0 Å². The summed E-state index contributed by atoms with van der Waals surface area (Å²) in [4.78, 5) is 30.0. The molecule has 0 unspecified atom stereocenters. The number of aryl methyl sites for hydroxylation is 1. The van der Waals surface area contributed by atoms with Gasteiger partial charge in [0.1, 0.15) is 11.5 Å². The quantitative estimate of drug-likeness (QED) is 0.344. The number of nitrogens with one attached hydrogen (secondary N) is 2. The van der Waals surface area contributed by atoms with E-state index in [0.29, 0.717) is 35.6 Å². The fourth-order valence-electron chi connectivity index (χ4n) is 4.09. The van der Waals surface area contributed by atoms with E-state index >= 15 is 0 Å². The third kappa shape index (κ3) is 4.36. The lowest BCUT2D eigenvalue weighted by Gasteiger charge is -2.13. The Hall–Kier alpha value is -3.78. The molecule has 1 aliphatic rings. The Labute approximate surface area is 204 Å². The van der Waals surface area contributed by atoms with Crippen LogP contribution in [-0.2, 0) is 6.42 Å². The Morgan fingerprint density at radius 2 is 1.79 bits per heavy atom. The molecule has 2 aromatic heterocycles. The second-order valence-corrected chi connectivity index (χ2v) is 8.97. The number of hydrazone groups is 1. The van der Waals surface area contributed by atoms with Crippen LogP contribution in [0.1, 0.15) is 50.8 Å². The first-order chi connectivity index (χ1) is 16.5. The van der Waals surface area contributed by atoms with Gasteiger partial charge in [-0.2, -0.15) is 5.10 Å². The molecule has 0 spiro atoms. The lowest BCUT2D eigenvalue weighted by atomic mass is 9.93. The number of carbonyl (C=O) groups is 2. The van der Waals surface area contributed by atoms with Crippen molar-refractivity contribution in [3.05, 3.63) is 93.5 Å². The van der Waals surface area contributed by atoms with Gasteiger partial charge >= 0.3 is 0 Å². The molecule has 7 nitrogen and oxygen atoms in total. The van der Waals surface area contributed by atoms with E-state index in [0.717, 1.165) is 27.4 Å². The maximum atomic E-state index is 12.9. The average molecular weight is 517 g/mol. The molecular formula is C26H21BrN4O3. The monoisotopic (exact) mass is 516 g/mol. The molecule has 0 radical (unpaired) electrons. The number of benzene rings is 2. The highest BCUT2D eigenvalue weighted by molar-refractivity contribution is 9.10. The van der Waals surface area contributed by atoms with Crippen LogP contribution < -0.4 is 10.7 Å². The zero-order valence-electron chi connectivity index (χ0n) is 18.4.